The molecule has 1 heterocycles. The Kier molecular flexibility index (Phi) is 3.09. The number of hydrogen-bond acceptors (Lipinski definition) is 4. The molecule has 0 saturated heterocycles. The van der Waals surface area contributed by atoms with E-state index in [-0.39, 0.29) is 11.3 Å². The van der Waals surface area contributed by atoms with E-state index in [9.17, 15) is 4.79 Å². The van der Waals surface area contributed by atoms with E-state index in [1.54, 1.807) is 12.1 Å². The normalized spacial score (nSPS) is 10.0. The van der Waals surface area contributed by atoms with Gasteiger partial charge in [-0.2, -0.15) is 9.78 Å². The Hall–Kier alpha value is -2.30. The summed E-state index contributed by atoms with van der Waals surface area (Å²) >= 11 is 0. The van der Waals surface area contributed by atoms with Crippen molar-refractivity contribution < 1.29 is 9.47 Å². The third kappa shape index (κ3) is 1.99. The molecule has 1 aromatic heterocycles. The second kappa shape index (κ2) is 4.69. The van der Waals surface area contributed by atoms with Crippen molar-refractivity contribution in [3.8, 4) is 17.2 Å². The number of ether oxygens (including phenoxy) is 2. The van der Waals surface area contributed by atoms with Crippen LogP contribution in [0.2, 0.25) is 0 Å². The molecule has 0 fully saturated rings. The molecule has 5 nitrogen and oxygen atoms in total. The molecule has 2 aromatic rings. The number of para-hydroxylation sites is 1. The number of hydrogen-bond donors (Lipinski definition) is 0. The van der Waals surface area contributed by atoms with E-state index in [0.29, 0.717) is 11.4 Å². The lowest BCUT2D eigenvalue weighted by Gasteiger charge is -2.09. The van der Waals surface area contributed by atoms with Crippen LogP contribution in [0, 0.1) is 0 Å². The molecule has 0 bridgehead atoms. The monoisotopic (exact) mass is 232 g/mol. The number of methoxy groups -OCH3 is 2. The Morgan fingerprint density at radius 3 is 2.41 bits per heavy atom. The highest BCUT2D eigenvalue weighted by molar-refractivity contribution is 5.38. The molecule has 17 heavy (non-hydrogen) atoms. The fourth-order valence-electron chi connectivity index (χ4n) is 1.51. The van der Waals surface area contributed by atoms with E-state index >= 15 is 0 Å². The molecule has 0 amide bonds. The Morgan fingerprint density at radius 2 is 1.82 bits per heavy atom. The molecule has 88 valence electrons. The molecule has 0 N–H and O–H groups in total. The van der Waals surface area contributed by atoms with E-state index in [2.05, 4.69) is 5.10 Å². The first-order chi connectivity index (χ1) is 8.27. The summed E-state index contributed by atoms with van der Waals surface area (Å²) in [6.07, 6.45) is 1.45. The van der Waals surface area contributed by atoms with E-state index in [1.165, 1.54) is 25.1 Å². The minimum absolute atomic E-state index is 0.145. The van der Waals surface area contributed by atoms with Crippen LogP contribution in [0.25, 0.3) is 5.69 Å². The van der Waals surface area contributed by atoms with E-state index in [4.69, 9.17) is 9.47 Å². The maximum atomic E-state index is 12.1. The Balaban J connectivity index is 2.62. The van der Waals surface area contributed by atoms with Crippen LogP contribution in [0.4, 0.5) is 0 Å². The third-order valence-corrected chi connectivity index (χ3v) is 2.33. The summed E-state index contributed by atoms with van der Waals surface area (Å²) in [5, 5.41) is 4.03. The lowest BCUT2D eigenvalue weighted by molar-refractivity contribution is 0.344. The maximum Gasteiger partial charge on any atom is 0.317 e. The zero-order valence-corrected chi connectivity index (χ0v) is 9.58. The van der Waals surface area contributed by atoms with Gasteiger partial charge < -0.3 is 9.47 Å². The van der Waals surface area contributed by atoms with Crippen molar-refractivity contribution in [2.24, 2.45) is 0 Å². The lowest BCUT2D eigenvalue weighted by Crippen LogP contribution is -2.22. The van der Waals surface area contributed by atoms with Crippen molar-refractivity contribution in [2.45, 2.75) is 0 Å². The molecule has 1 aromatic carbocycles. The number of rotatable bonds is 3. The molecule has 0 saturated carbocycles. The van der Waals surface area contributed by atoms with Gasteiger partial charge in [-0.05, 0) is 12.1 Å². The van der Waals surface area contributed by atoms with Gasteiger partial charge in [-0.15, -0.1) is 0 Å². The molecular formula is C12H12N2O3. The van der Waals surface area contributed by atoms with Gasteiger partial charge in [0.05, 0.1) is 26.1 Å². The van der Waals surface area contributed by atoms with E-state index in [0.717, 1.165) is 0 Å². The predicted octanol–water partition coefficient (Wildman–Crippen LogP) is 1.25. The van der Waals surface area contributed by atoms with Gasteiger partial charge in [-0.1, -0.05) is 18.2 Å². The van der Waals surface area contributed by atoms with Crippen molar-refractivity contribution in [2.75, 3.05) is 14.2 Å². The first-order valence-corrected chi connectivity index (χ1v) is 5.03. The third-order valence-electron chi connectivity index (χ3n) is 2.33. The first kappa shape index (κ1) is 11.2. The summed E-state index contributed by atoms with van der Waals surface area (Å²) in [4.78, 5) is 12.1. The average molecular weight is 232 g/mol. The fourth-order valence-corrected chi connectivity index (χ4v) is 1.51. The Bertz CT molecular complexity index is 564. The second-order valence-electron chi connectivity index (χ2n) is 3.30. The molecule has 5 heteroatoms. The lowest BCUT2D eigenvalue weighted by atomic mass is 10.3. The van der Waals surface area contributed by atoms with E-state index in [1.807, 2.05) is 18.2 Å². The van der Waals surface area contributed by atoms with Gasteiger partial charge in [-0.3, -0.25) is 4.79 Å². The minimum Gasteiger partial charge on any atom is -0.491 e. The van der Waals surface area contributed by atoms with Gasteiger partial charge in [-0.25, -0.2) is 0 Å². The molecule has 0 aliphatic carbocycles. The second-order valence-corrected chi connectivity index (χ2v) is 3.30. The molecule has 0 aliphatic heterocycles. The fraction of sp³-hybridized carbons (Fsp3) is 0.167. The summed E-state index contributed by atoms with van der Waals surface area (Å²) in [6.45, 7) is 0. The molecule has 0 atom stereocenters. The van der Waals surface area contributed by atoms with Gasteiger partial charge in [0.1, 0.15) is 0 Å². The van der Waals surface area contributed by atoms with Gasteiger partial charge in [0.25, 0.3) is 0 Å². The minimum atomic E-state index is -0.349. The highest BCUT2D eigenvalue weighted by Crippen LogP contribution is 2.20. The van der Waals surface area contributed by atoms with Crippen molar-refractivity contribution in [3.63, 3.8) is 0 Å². The summed E-state index contributed by atoms with van der Waals surface area (Å²) in [5.74, 6) is 0.469. The number of aromatic nitrogens is 2. The van der Waals surface area contributed by atoms with E-state index < -0.39 is 0 Å². The smallest absolute Gasteiger partial charge is 0.317 e. The maximum absolute atomic E-state index is 12.1. The molecule has 0 spiro atoms. The zero-order valence-electron chi connectivity index (χ0n) is 9.58. The molecule has 0 radical (unpaired) electrons. The van der Waals surface area contributed by atoms with Crippen LogP contribution in [-0.2, 0) is 0 Å². The van der Waals surface area contributed by atoms with Gasteiger partial charge in [0.15, 0.2) is 5.75 Å². The van der Waals surface area contributed by atoms with Crippen molar-refractivity contribution in [3.05, 3.63) is 46.9 Å². The SMILES string of the molecule is COc1cnn(-c2ccccc2)c(=O)c1OC. The standard InChI is InChI=1S/C12H12N2O3/c1-16-10-8-13-14(12(15)11(10)17-2)9-6-4-3-5-7-9/h3-8H,1-2H3. The van der Waals surface area contributed by atoms with Crippen LogP contribution < -0.4 is 15.0 Å². The number of nitrogens with zero attached hydrogens (tertiary/aromatic N) is 2. The van der Waals surface area contributed by atoms with Crippen LogP contribution in [0.3, 0.4) is 0 Å². The summed E-state index contributed by atoms with van der Waals surface area (Å²) < 4.78 is 11.3. The van der Waals surface area contributed by atoms with Crippen molar-refractivity contribution in [1.29, 1.82) is 0 Å². The van der Waals surface area contributed by atoms with Crippen LogP contribution in [0.1, 0.15) is 0 Å². The number of benzene rings is 1. The first-order valence-electron chi connectivity index (χ1n) is 5.03. The summed E-state index contributed by atoms with van der Waals surface area (Å²) in [7, 11) is 2.89. The Labute approximate surface area is 98.2 Å². The predicted molar refractivity (Wildman–Crippen MR) is 62.9 cm³/mol. The van der Waals surface area contributed by atoms with Crippen LogP contribution in [0.15, 0.2) is 41.3 Å². The summed E-state index contributed by atoms with van der Waals surface area (Å²) in [5.41, 5.74) is 0.330. The van der Waals surface area contributed by atoms with Crippen LogP contribution in [-0.4, -0.2) is 24.0 Å². The van der Waals surface area contributed by atoms with Gasteiger partial charge in [0.2, 0.25) is 5.75 Å². The van der Waals surface area contributed by atoms with Crippen LogP contribution in [0.5, 0.6) is 11.5 Å². The molecular weight excluding hydrogens is 220 g/mol. The summed E-state index contributed by atoms with van der Waals surface area (Å²) in [6, 6.07) is 9.12. The largest absolute Gasteiger partial charge is 0.491 e. The average Bonchev–Trinajstić information content (AvgIpc) is 2.39. The van der Waals surface area contributed by atoms with Gasteiger partial charge >= 0.3 is 5.56 Å². The van der Waals surface area contributed by atoms with Crippen molar-refractivity contribution >= 4 is 0 Å². The molecule has 0 aliphatic rings. The molecule has 0 unspecified atom stereocenters. The highest BCUT2D eigenvalue weighted by atomic mass is 16.5. The quantitative estimate of drug-likeness (QED) is 0.799. The highest BCUT2D eigenvalue weighted by Gasteiger charge is 2.12. The Morgan fingerprint density at radius 1 is 1.12 bits per heavy atom. The van der Waals surface area contributed by atoms with Crippen molar-refractivity contribution in [1.82, 2.24) is 9.78 Å². The topological polar surface area (TPSA) is 53.4 Å². The zero-order chi connectivity index (χ0) is 12.3. The van der Waals surface area contributed by atoms with Gasteiger partial charge in [0, 0.05) is 0 Å². The molecule has 2 rings (SSSR count). The van der Waals surface area contributed by atoms with Crippen LogP contribution >= 0.6 is 0 Å².